The zero-order valence-corrected chi connectivity index (χ0v) is 12.7. The minimum Gasteiger partial charge on any atom is -0.391 e. The van der Waals surface area contributed by atoms with Gasteiger partial charge in [-0.25, -0.2) is 0 Å². The molecule has 0 saturated heterocycles. The SMILES string of the molecule is CC(C)CC[C@@H](O)[C@@H](N)c1cccc(Br)c1.Cl. The van der Waals surface area contributed by atoms with Crippen molar-refractivity contribution in [2.75, 3.05) is 0 Å². The summed E-state index contributed by atoms with van der Waals surface area (Å²) in [6.07, 6.45) is 1.30. The van der Waals surface area contributed by atoms with Crippen LogP contribution in [0.2, 0.25) is 0 Å². The Morgan fingerprint density at radius 2 is 1.94 bits per heavy atom. The molecule has 98 valence electrons. The van der Waals surface area contributed by atoms with Crippen molar-refractivity contribution in [1.29, 1.82) is 0 Å². The van der Waals surface area contributed by atoms with E-state index in [2.05, 4.69) is 29.8 Å². The normalized spacial score (nSPS) is 14.2. The highest BCUT2D eigenvalue weighted by atomic mass is 79.9. The average molecular weight is 323 g/mol. The number of hydrogen-bond acceptors (Lipinski definition) is 2. The molecule has 0 unspecified atom stereocenters. The Kier molecular flexibility index (Phi) is 8.05. The number of aliphatic hydroxyl groups excluding tert-OH is 1. The van der Waals surface area contributed by atoms with Crippen molar-refractivity contribution in [3.8, 4) is 0 Å². The third kappa shape index (κ3) is 5.87. The van der Waals surface area contributed by atoms with Crippen molar-refractivity contribution in [2.24, 2.45) is 11.7 Å². The van der Waals surface area contributed by atoms with Crippen molar-refractivity contribution in [1.82, 2.24) is 0 Å². The van der Waals surface area contributed by atoms with Gasteiger partial charge in [0.1, 0.15) is 0 Å². The Morgan fingerprint density at radius 1 is 1.29 bits per heavy atom. The number of aliphatic hydroxyl groups is 1. The van der Waals surface area contributed by atoms with Gasteiger partial charge in [0, 0.05) is 4.47 Å². The first kappa shape index (κ1) is 16.9. The maximum Gasteiger partial charge on any atom is 0.0732 e. The summed E-state index contributed by atoms with van der Waals surface area (Å²) < 4.78 is 0.997. The van der Waals surface area contributed by atoms with Gasteiger partial charge >= 0.3 is 0 Å². The summed E-state index contributed by atoms with van der Waals surface area (Å²) in [5.74, 6) is 0.601. The van der Waals surface area contributed by atoms with Crippen LogP contribution in [0.25, 0.3) is 0 Å². The fraction of sp³-hybridized carbons (Fsp3) is 0.538. The molecule has 0 aromatic heterocycles. The first-order chi connectivity index (χ1) is 7.50. The first-order valence-electron chi connectivity index (χ1n) is 5.70. The van der Waals surface area contributed by atoms with E-state index in [9.17, 15) is 5.11 Å². The van der Waals surface area contributed by atoms with Crippen LogP contribution in [-0.2, 0) is 0 Å². The van der Waals surface area contributed by atoms with Gasteiger partial charge in [0.25, 0.3) is 0 Å². The van der Waals surface area contributed by atoms with Crippen molar-refractivity contribution in [2.45, 2.75) is 38.8 Å². The Bertz CT molecular complexity index is 333. The second-order valence-corrected chi connectivity index (χ2v) is 5.54. The third-order valence-corrected chi connectivity index (χ3v) is 3.18. The van der Waals surface area contributed by atoms with Crippen molar-refractivity contribution < 1.29 is 5.11 Å². The number of benzene rings is 1. The van der Waals surface area contributed by atoms with Gasteiger partial charge in [-0.15, -0.1) is 12.4 Å². The summed E-state index contributed by atoms with van der Waals surface area (Å²) in [6, 6.07) is 7.51. The third-order valence-electron chi connectivity index (χ3n) is 2.69. The van der Waals surface area contributed by atoms with E-state index in [1.807, 2.05) is 24.3 Å². The monoisotopic (exact) mass is 321 g/mol. The predicted molar refractivity (Wildman–Crippen MR) is 78.4 cm³/mol. The smallest absolute Gasteiger partial charge is 0.0732 e. The molecule has 0 aliphatic heterocycles. The molecule has 0 aliphatic carbocycles. The van der Waals surface area contributed by atoms with Crippen molar-refractivity contribution >= 4 is 28.3 Å². The number of nitrogens with two attached hydrogens (primary N) is 1. The minimum atomic E-state index is -0.461. The van der Waals surface area contributed by atoms with E-state index in [4.69, 9.17) is 5.73 Å². The van der Waals surface area contributed by atoms with Crippen molar-refractivity contribution in [3.63, 3.8) is 0 Å². The summed E-state index contributed by atoms with van der Waals surface area (Å²) in [6.45, 7) is 4.30. The molecule has 0 aliphatic rings. The van der Waals surface area contributed by atoms with Gasteiger partial charge in [-0.3, -0.25) is 0 Å². The largest absolute Gasteiger partial charge is 0.391 e. The molecule has 0 spiro atoms. The average Bonchev–Trinajstić information content (AvgIpc) is 2.24. The van der Waals surface area contributed by atoms with Crippen LogP contribution in [-0.4, -0.2) is 11.2 Å². The Balaban J connectivity index is 0.00000256. The fourth-order valence-electron chi connectivity index (χ4n) is 1.62. The van der Waals surface area contributed by atoms with Crippen LogP contribution in [0.1, 0.15) is 38.3 Å². The molecule has 1 rings (SSSR count). The first-order valence-corrected chi connectivity index (χ1v) is 6.49. The molecule has 3 N–H and O–H groups in total. The van der Waals surface area contributed by atoms with Gasteiger partial charge < -0.3 is 10.8 Å². The molecule has 0 heterocycles. The quantitative estimate of drug-likeness (QED) is 0.869. The molecule has 0 saturated carbocycles. The molecule has 1 aromatic rings. The molecule has 2 nitrogen and oxygen atoms in total. The van der Waals surface area contributed by atoms with Gasteiger partial charge in [0.05, 0.1) is 12.1 Å². The van der Waals surface area contributed by atoms with E-state index in [0.29, 0.717) is 5.92 Å². The lowest BCUT2D eigenvalue weighted by molar-refractivity contribution is 0.128. The van der Waals surface area contributed by atoms with Gasteiger partial charge in [-0.05, 0) is 36.5 Å². The molecule has 17 heavy (non-hydrogen) atoms. The van der Waals surface area contributed by atoms with E-state index < -0.39 is 6.10 Å². The number of rotatable bonds is 5. The van der Waals surface area contributed by atoms with E-state index in [1.165, 1.54) is 0 Å². The summed E-state index contributed by atoms with van der Waals surface area (Å²) in [7, 11) is 0. The molecule has 0 amide bonds. The maximum atomic E-state index is 9.97. The van der Waals surface area contributed by atoms with Gasteiger partial charge in [-0.1, -0.05) is 41.9 Å². The Morgan fingerprint density at radius 3 is 2.47 bits per heavy atom. The summed E-state index contributed by atoms with van der Waals surface area (Å²) >= 11 is 3.40. The van der Waals surface area contributed by atoms with Crippen LogP contribution in [0.15, 0.2) is 28.7 Å². The van der Waals surface area contributed by atoms with Crippen LogP contribution in [0.5, 0.6) is 0 Å². The maximum absolute atomic E-state index is 9.97. The van der Waals surface area contributed by atoms with E-state index in [1.54, 1.807) is 0 Å². The van der Waals surface area contributed by atoms with Gasteiger partial charge in [0.2, 0.25) is 0 Å². The Labute approximate surface area is 118 Å². The highest BCUT2D eigenvalue weighted by Gasteiger charge is 2.16. The standard InChI is InChI=1S/C13H20BrNO.ClH/c1-9(2)6-7-12(16)13(15)10-4-3-5-11(14)8-10;/h3-5,8-9,12-13,16H,6-7,15H2,1-2H3;1H/t12-,13+;/m1./s1. The fourth-order valence-corrected chi connectivity index (χ4v) is 2.04. The molecule has 2 atom stereocenters. The molecular weight excluding hydrogens is 302 g/mol. The van der Waals surface area contributed by atoms with Gasteiger partial charge in [0.15, 0.2) is 0 Å². The molecule has 0 fully saturated rings. The van der Waals surface area contributed by atoms with E-state index >= 15 is 0 Å². The lowest BCUT2D eigenvalue weighted by Crippen LogP contribution is -2.26. The van der Waals surface area contributed by atoms with Crippen LogP contribution in [0.4, 0.5) is 0 Å². The summed E-state index contributed by atoms with van der Waals surface area (Å²) in [5, 5.41) is 9.97. The summed E-state index contributed by atoms with van der Waals surface area (Å²) in [4.78, 5) is 0. The van der Waals surface area contributed by atoms with Gasteiger partial charge in [-0.2, -0.15) is 0 Å². The molecule has 0 radical (unpaired) electrons. The summed E-state index contributed by atoms with van der Waals surface area (Å²) in [5.41, 5.74) is 7.00. The topological polar surface area (TPSA) is 46.2 Å². The lowest BCUT2D eigenvalue weighted by atomic mass is 9.96. The zero-order valence-electron chi connectivity index (χ0n) is 10.3. The van der Waals surface area contributed by atoms with E-state index in [-0.39, 0.29) is 18.4 Å². The van der Waals surface area contributed by atoms with E-state index in [0.717, 1.165) is 22.9 Å². The van der Waals surface area contributed by atoms with Crippen LogP contribution in [0, 0.1) is 5.92 Å². The molecule has 1 aromatic carbocycles. The predicted octanol–water partition coefficient (Wildman–Crippen LogP) is 3.67. The molecule has 4 heteroatoms. The van der Waals surface area contributed by atoms with Crippen molar-refractivity contribution in [3.05, 3.63) is 34.3 Å². The zero-order chi connectivity index (χ0) is 12.1. The number of hydrogen-bond donors (Lipinski definition) is 2. The second kappa shape index (κ2) is 8.09. The highest BCUT2D eigenvalue weighted by molar-refractivity contribution is 9.10. The number of halogens is 2. The molecular formula is C13H21BrClNO. The van der Waals surface area contributed by atoms with Crippen LogP contribution in [0.3, 0.4) is 0 Å². The Hall–Kier alpha value is -0.0900. The van der Waals surface area contributed by atoms with Crippen LogP contribution < -0.4 is 5.73 Å². The second-order valence-electron chi connectivity index (χ2n) is 4.62. The van der Waals surface area contributed by atoms with Crippen LogP contribution >= 0.6 is 28.3 Å². The molecule has 0 bridgehead atoms. The minimum absolute atomic E-state index is 0. The highest BCUT2D eigenvalue weighted by Crippen LogP contribution is 2.22. The lowest BCUT2D eigenvalue weighted by Gasteiger charge is -2.20.